The summed E-state index contributed by atoms with van der Waals surface area (Å²) < 4.78 is 16.4. The molecule has 0 N–H and O–H groups in total. The minimum Gasteiger partial charge on any atom is -0.445 e. The Hall–Kier alpha value is -0.103. The first kappa shape index (κ1) is 15.0. The minimum absolute atomic E-state index is 0.116. The molecule has 1 fully saturated rings. The molecule has 1 saturated heterocycles. The lowest BCUT2D eigenvalue weighted by molar-refractivity contribution is 0.0509. The highest BCUT2D eigenvalue weighted by Gasteiger charge is 2.43. The van der Waals surface area contributed by atoms with E-state index < -0.39 is 13.7 Å². The Bertz CT molecular complexity index is 288. The highest BCUT2D eigenvalue weighted by atomic mass is 35.5. The van der Waals surface area contributed by atoms with E-state index in [1.54, 1.807) is 0 Å². The van der Waals surface area contributed by atoms with Crippen LogP contribution < -0.4 is 0 Å². The molecule has 0 amide bonds. The molecule has 17 heavy (non-hydrogen) atoms. The normalized spacial score (nSPS) is 26.0. The smallest absolute Gasteiger partial charge is 0.404 e. The molecule has 0 aromatic rings. The number of halogens is 1. The predicted molar refractivity (Wildman–Crippen MR) is 69.0 cm³/mol. The van der Waals surface area contributed by atoms with E-state index in [1.165, 1.54) is 0 Å². The molecule has 0 aliphatic carbocycles. The third-order valence-electron chi connectivity index (χ3n) is 3.48. The van der Waals surface area contributed by atoms with Gasteiger partial charge >= 0.3 is 5.43 Å². The van der Waals surface area contributed by atoms with E-state index in [1.807, 2.05) is 0 Å². The molecule has 0 saturated carbocycles. The second kappa shape index (κ2) is 5.26. The fourth-order valence-corrected chi connectivity index (χ4v) is 2.85. The third-order valence-corrected chi connectivity index (χ3v) is 8.07. The molecule has 1 heterocycles. The van der Waals surface area contributed by atoms with Crippen LogP contribution in [0.5, 0.6) is 0 Å². The van der Waals surface area contributed by atoms with Crippen molar-refractivity contribution in [2.24, 2.45) is 0 Å². The lowest BCUT2D eigenvalue weighted by Gasteiger charge is -2.38. The number of hydrogen-bond donors (Lipinski definition) is 0. The lowest BCUT2D eigenvalue weighted by Crippen LogP contribution is -2.47. The molecule has 1 aliphatic heterocycles. The van der Waals surface area contributed by atoms with Crippen molar-refractivity contribution in [3.8, 4) is 0 Å². The third kappa shape index (κ3) is 3.94. The van der Waals surface area contributed by atoms with Crippen LogP contribution in [0.1, 0.15) is 20.8 Å². The molecular weight excluding hydrogens is 260 g/mol. The Morgan fingerprint density at radius 1 is 1.29 bits per heavy atom. The van der Waals surface area contributed by atoms with Crippen molar-refractivity contribution in [1.29, 1.82) is 0 Å². The van der Waals surface area contributed by atoms with Crippen molar-refractivity contribution in [1.82, 2.24) is 0 Å². The minimum atomic E-state index is -1.88. The van der Waals surface area contributed by atoms with E-state index >= 15 is 0 Å². The van der Waals surface area contributed by atoms with Crippen molar-refractivity contribution < 1.29 is 18.7 Å². The fraction of sp³-hybridized carbons (Fsp3) is 0.909. The van der Waals surface area contributed by atoms with Gasteiger partial charge in [0.05, 0.1) is 13.2 Å². The molecule has 4 nitrogen and oxygen atoms in total. The molecule has 0 spiro atoms. The Morgan fingerprint density at radius 2 is 1.82 bits per heavy atom. The van der Waals surface area contributed by atoms with Crippen LogP contribution in [0, 0.1) is 0 Å². The second-order valence-corrected chi connectivity index (χ2v) is 10.9. The molecule has 6 heteroatoms. The summed E-state index contributed by atoms with van der Waals surface area (Å²) in [4.78, 5) is 10.8. The monoisotopic (exact) mass is 280 g/mol. The van der Waals surface area contributed by atoms with Gasteiger partial charge in [-0.15, -0.1) is 0 Å². The van der Waals surface area contributed by atoms with Gasteiger partial charge in [0.15, 0.2) is 14.4 Å². The number of carbonyl (C=O) groups is 1. The van der Waals surface area contributed by atoms with Gasteiger partial charge in [0.1, 0.15) is 6.10 Å². The SMILES string of the molecule is CC(C)(C)[Si](C)(C)O[C@H]1COC[C@H]1OC(=O)Cl. The van der Waals surface area contributed by atoms with Crippen molar-refractivity contribution in [3.63, 3.8) is 0 Å². The summed E-state index contributed by atoms with van der Waals surface area (Å²) in [6.07, 6.45) is -0.576. The van der Waals surface area contributed by atoms with Gasteiger partial charge in [0, 0.05) is 11.6 Å². The van der Waals surface area contributed by atoms with Gasteiger partial charge in [0.25, 0.3) is 0 Å². The molecule has 0 aromatic carbocycles. The largest absolute Gasteiger partial charge is 0.445 e. The number of rotatable bonds is 3. The standard InChI is InChI=1S/C11H21ClO4Si/c1-11(2,3)17(4,5)16-9-7-14-6-8(9)15-10(12)13/h8-9H,6-7H2,1-5H3/t8-,9+/m1/s1. The van der Waals surface area contributed by atoms with E-state index in [0.717, 1.165) is 0 Å². The average Bonchev–Trinajstić information content (AvgIpc) is 2.48. The molecular formula is C11H21ClO4Si. The zero-order valence-corrected chi connectivity index (χ0v) is 12.8. The van der Waals surface area contributed by atoms with Gasteiger partial charge in [-0.25, -0.2) is 4.79 Å². The number of carbonyl (C=O) groups excluding carboxylic acids is 1. The summed E-state index contributed by atoms with van der Waals surface area (Å²) in [7, 11) is -1.88. The maximum absolute atomic E-state index is 10.8. The van der Waals surface area contributed by atoms with Gasteiger partial charge < -0.3 is 13.9 Å². The zero-order valence-electron chi connectivity index (χ0n) is 11.1. The molecule has 1 rings (SSSR count). The topological polar surface area (TPSA) is 44.8 Å². The van der Waals surface area contributed by atoms with Crippen LogP contribution in [0.2, 0.25) is 18.1 Å². The van der Waals surface area contributed by atoms with Crippen LogP contribution in [-0.4, -0.2) is 39.2 Å². The molecule has 0 bridgehead atoms. The van der Waals surface area contributed by atoms with E-state index in [0.29, 0.717) is 13.2 Å². The summed E-state index contributed by atoms with van der Waals surface area (Å²) >= 11 is 5.22. The molecule has 0 radical (unpaired) electrons. The number of ether oxygens (including phenoxy) is 2. The van der Waals surface area contributed by atoms with Crippen LogP contribution in [0.4, 0.5) is 4.79 Å². The fourth-order valence-electron chi connectivity index (χ4n) is 1.41. The van der Waals surface area contributed by atoms with E-state index in [9.17, 15) is 4.79 Å². The zero-order chi connectivity index (χ0) is 13.3. The highest BCUT2D eigenvalue weighted by molar-refractivity contribution is 6.74. The summed E-state index contributed by atoms with van der Waals surface area (Å²) in [6, 6.07) is 0. The summed E-state index contributed by atoms with van der Waals surface area (Å²) in [5.41, 5.74) is -0.802. The molecule has 100 valence electrons. The summed E-state index contributed by atoms with van der Waals surface area (Å²) in [5.74, 6) is 0. The summed E-state index contributed by atoms with van der Waals surface area (Å²) in [6.45, 7) is 11.6. The van der Waals surface area contributed by atoms with Crippen LogP contribution in [0.15, 0.2) is 0 Å². The van der Waals surface area contributed by atoms with Crippen LogP contribution in [0.25, 0.3) is 0 Å². The van der Waals surface area contributed by atoms with Crippen molar-refractivity contribution in [3.05, 3.63) is 0 Å². The van der Waals surface area contributed by atoms with Crippen LogP contribution >= 0.6 is 11.6 Å². The first-order valence-corrected chi connectivity index (χ1v) is 9.04. The number of hydrogen-bond acceptors (Lipinski definition) is 4. The molecule has 0 unspecified atom stereocenters. The van der Waals surface area contributed by atoms with Gasteiger partial charge in [-0.3, -0.25) is 0 Å². The van der Waals surface area contributed by atoms with Gasteiger partial charge in [0.2, 0.25) is 0 Å². The van der Waals surface area contributed by atoms with E-state index in [-0.39, 0.29) is 17.2 Å². The highest BCUT2D eigenvalue weighted by Crippen LogP contribution is 2.38. The Labute approximate surface area is 109 Å². The first-order chi connectivity index (χ1) is 7.63. The lowest BCUT2D eigenvalue weighted by atomic mass is 10.2. The molecule has 1 aliphatic rings. The van der Waals surface area contributed by atoms with Crippen LogP contribution in [-0.2, 0) is 13.9 Å². The Balaban J connectivity index is 2.64. The van der Waals surface area contributed by atoms with E-state index in [2.05, 4.69) is 33.9 Å². The molecule has 2 atom stereocenters. The second-order valence-electron chi connectivity index (χ2n) is 5.85. The van der Waals surface area contributed by atoms with Crippen molar-refractivity contribution in [2.75, 3.05) is 13.2 Å². The van der Waals surface area contributed by atoms with Crippen LogP contribution in [0.3, 0.4) is 0 Å². The average molecular weight is 281 g/mol. The van der Waals surface area contributed by atoms with Gasteiger partial charge in [-0.05, 0) is 18.1 Å². The first-order valence-electron chi connectivity index (χ1n) is 5.75. The summed E-state index contributed by atoms with van der Waals surface area (Å²) in [5, 5.41) is 0.116. The Kier molecular flexibility index (Phi) is 4.63. The Morgan fingerprint density at radius 3 is 2.29 bits per heavy atom. The van der Waals surface area contributed by atoms with Crippen molar-refractivity contribution >= 4 is 25.3 Å². The van der Waals surface area contributed by atoms with Crippen molar-refractivity contribution in [2.45, 2.75) is 51.1 Å². The quantitative estimate of drug-likeness (QED) is 0.588. The van der Waals surface area contributed by atoms with E-state index in [4.69, 9.17) is 25.5 Å². The molecule has 0 aromatic heterocycles. The maximum atomic E-state index is 10.8. The maximum Gasteiger partial charge on any atom is 0.404 e. The predicted octanol–water partition coefficient (Wildman–Crippen LogP) is 3.15. The van der Waals surface area contributed by atoms with Gasteiger partial charge in [-0.2, -0.15) is 0 Å². The van der Waals surface area contributed by atoms with Gasteiger partial charge in [-0.1, -0.05) is 20.8 Å².